The maximum atomic E-state index is 2.60. The van der Waals surface area contributed by atoms with Crippen LogP contribution in [0.5, 0.6) is 0 Å². The fraction of sp³-hybridized carbons (Fsp3) is 0.478. The predicted octanol–water partition coefficient (Wildman–Crippen LogP) is 4.79. The number of nitrogens with zero attached hydrogens (tertiary/aromatic N) is 2. The van der Waals surface area contributed by atoms with Gasteiger partial charge in [0.15, 0.2) is 0 Å². The summed E-state index contributed by atoms with van der Waals surface area (Å²) in [5, 5.41) is 0. The summed E-state index contributed by atoms with van der Waals surface area (Å²) in [4.78, 5) is 5.08. The molecule has 0 bridgehead atoms. The molecule has 1 spiro atoms. The van der Waals surface area contributed by atoms with E-state index in [9.17, 15) is 0 Å². The number of rotatable bonds is 3. The van der Waals surface area contributed by atoms with Gasteiger partial charge in [0, 0.05) is 12.1 Å². The zero-order valence-electron chi connectivity index (χ0n) is 15.8. The second kappa shape index (κ2) is 6.59. The minimum absolute atomic E-state index is 0.387. The van der Waals surface area contributed by atoms with E-state index in [0.29, 0.717) is 17.5 Å². The third-order valence-electron chi connectivity index (χ3n) is 6.80. The first kappa shape index (κ1) is 16.8. The zero-order valence-corrected chi connectivity index (χ0v) is 15.8. The Morgan fingerprint density at radius 2 is 1.64 bits per heavy atom. The number of benzene rings is 2. The summed E-state index contributed by atoms with van der Waals surface area (Å²) >= 11 is 0. The zero-order chi connectivity index (χ0) is 17.4. The molecule has 2 nitrogen and oxygen atoms in total. The van der Waals surface area contributed by atoms with Crippen LogP contribution in [-0.4, -0.2) is 37.0 Å². The molecule has 0 unspecified atom stereocenters. The Bertz CT molecular complexity index is 716. The van der Waals surface area contributed by atoms with Gasteiger partial charge in [0.05, 0.1) is 0 Å². The molecule has 2 aromatic carbocycles. The van der Waals surface area contributed by atoms with Crippen molar-refractivity contribution in [3.63, 3.8) is 0 Å². The smallest absolute Gasteiger partial charge is 0.0362 e. The third kappa shape index (κ3) is 2.92. The number of hydrogen-bond donors (Lipinski definition) is 0. The molecule has 132 valence electrons. The van der Waals surface area contributed by atoms with E-state index in [-0.39, 0.29) is 0 Å². The summed E-state index contributed by atoms with van der Waals surface area (Å²) in [6.07, 6.45) is 3.86. The van der Waals surface area contributed by atoms with E-state index in [4.69, 9.17) is 0 Å². The molecule has 1 aliphatic carbocycles. The highest BCUT2D eigenvalue weighted by molar-refractivity contribution is 5.43. The van der Waals surface area contributed by atoms with Crippen LogP contribution in [0.3, 0.4) is 0 Å². The van der Waals surface area contributed by atoms with Crippen molar-refractivity contribution < 1.29 is 0 Å². The highest BCUT2D eigenvalue weighted by atomic mass is 15.2. The number of likely N-dealkylation sites (tertiary alicyclic amines) is 1. The van der Waals surface area contributed by atoms with E-state index in [2.05, 4.69) is 85.4 Å². The van der Waals surface area contributed by atoms with Crippen LogP contribution in [0.15, 0.2) is 54.6 Å². The van der Waals surface area contributed by atoms with Gasteiger partial charge in [-0.2, -0.15) is 0 Å². The second-order valence-electron chi connectivity index (χ2n) is 8.14. The molecule has 0 aromatic heterocycles. The molecule has 0 radical (unpaired) electrons. The van der Waals surface area contributed by atoms with E-state index in [1.54, 1.807) is 11.1 Å². The lowest BCUT2D eigenvalue weighted by molar-refractivity contribution is 0.131. The van der Waals surface area contributed by atoms with Gasteiger partial charge >= 0.3 is 0 Å². The van der Waals surface area contributed by atoms with Crippen LogP contribution in [0, 0.1) is 0 Å². The van der Waals surface area contributed by atoms with Gasteiger partial charge in [-0.3, -0.25) is 4.90 Å². The third-order valence-corrected chi connectivity index (χ3v) is 6.80. The van der Waals surface area contributed by atoms with Crippen molar-refractivity contribution >= 4 is 0 Å². The quantitative estimate of drug-likeness (QED) is 0.796. The van der Waals surface area contributed by atoms with Gasteiger partial charge in [-0.25, -0.2) is 0 Å². The Kier molecular flexibility index (Phi) is 4.43. The van der Waals surface area contributed by atoms with Gasteiger partial charge < -0.3 is 4.90 Å². The van der Waals surface area contributed by atoms with Crippen LogP contribution in [0.2, 0.25) is 0 Å². The number of piperidine rings is 1. The Labute approximate surface area is 152 Å². The Morgan fingerprint density at radius 1 is 1.00 bits per heavy atom. The fourth-order valence-electron chi connectivity index (χ4n) is 4.98. The molecule has 2 aliphatic rings. The fourth-order valence-corrected chi connectivity index (χ4v) is 4.98. The lowest BCUT2D eigenvalue weighted by Gasteiger charge is -2.40. The molecule has 0 saturated carbocycles. The van der Waals surface area contributed by atoms with Gasteiger partial charge in [-0.1, -0.05) is 54.6 Å². The summed E-state index contributed by atoms with van der Waals surface area (Å²) in [6.45, 7) is 4.79. The summed E-state index contributed by atoms with van der Waals surface area (Å²) in [5.41, 5.74) is 4.99. The van der Waals surface area contributed by atoms with E-state index in [0.717, 1.165) is 0 Å². The van der Waals surface area contributed by atoms with Gasteiger partial charge in [0.25, 0.3) is 0 Å². The van der Waals surface area contributed by atoms with Gasteiger partial charge in [0.1, 0.15) is 0 Å². The molecule has 4 rings (SSSR count). The second-order valence-corrected chi connectivity index (χ2v) is 8.14. The minimum atomic E-state index is 0.387. The van der Waals surface area contributed by atoms with Crippen molar-refractivity contribution in [1.29, 1.82) is 0 Å². The molecule has 1 aliphatic heterocycles. The highest BCUT2D eigenvalue weighted by Gasteiger charge is 2.46. The van der Waals surface area contributed by atoms with E-state index < -0.39 is 0 Å². The number of hydrogen-bond acceptors (Lipinski definition) is 2. The predicted molar refractivity (Wildman–Crippen MR) is 105 cm³/mol. The van der Waals surface area contributed by atoms with Gasteiger partial charge in [-0.05, 0) is 75.5 Å². The minimum Gasteiger partial charge on any atom is -0.306 e. The van der Waals surface area contributed by atoms with Crippen molar-refractivity contribution in [3.05, 3.63) is 71.3 Å². The highest BCUT2D eigenvalue weighted by Crippen LogP contribution is 2.53. The normalized spacial score (nSPS) is 23.8. The molecule has 1 saturated heterocycles. The first-order chi connectivity index (χ1) is 12.1. The van der Waals surface area contributed by atoms with Crippen molar-refractivity contribution in [1.82, 2.24) is 9.80 Å². The monoisotopic (exact) mass is 334 g/mol. The van der Waals surface area contributed by atoms with E-state index in [1.165, 1.54) is 37.9 Å². The molecule has 2 atom stereocenters. The summed E-state index contributed by atoms with van der Waals surface area (Å²) in [6, 6.07) is 21.1. The van der Waals surface area contributed by atoms with Crippen LogP contribution < -0.4 is 0 Å². The molecular weight excluding hydrogens is 304 g/mol. The maximum absolute atomic E-state index is 2.60. The van der Waals surface area contributed by atoms with Crippen molar-refractivity contribution in [3.8, 4) is 0 Å². The topological polar surface area (TPSA) is 6.48 Å². The Balaban J connectivity index is 1.65. The average molecular weight is 335 g/mol. The molecule has 0 amide bonds. The van der Waals surface area contributed by atoms with Gasteiger partial charge in [-0.15, -0.1) is 0 Å². The summed E-state index contributed by atoms with van der Waals surface area (Å²) in [7, 11) is 4.57. The lowest BCUT2D eigenvalue weighted by Crippen LogP contribution is -2.40. The molecule has 1 heterocycles. The molecule has 25 heavy (non-hydrogen) atoms. The largest absolute Gasteiger partial charge is 0.306 e. The molecule has 2 heteroatoms. The van der Waals surface area contributed by atoms with Crippen molar-refractivity contribution in [2.75, 3.05) is 27.2 Å². The Hall–Kier alpha value is -1.64. The van der Waals surface area contributed by atoms with E-state index >= 15 is 0 Å². The van der Waals surface area contributed by atoms with Crippen molar-refractivity contribution in [2.24, 2.45) is 0 Å². The SMILES string of the molecule is C[C@@H](c1ccccc1)N(C)[C@H]1CC2(CCN(C)CC2)c2ccccc21. The molecule has 1 fully saturated rings. The van der Waals surface area contributed by atoms with Crippen LogP contribution >= 0.6 is 0 Å². The van der Waals surface area contributed by atoms with Gasteiger partial charge in [0.2, 0.25) is 0 Å². The Morgan fingerprint density at radius 3 is 2.36 bits per heavy atom. The molecule has 0 N–H and O–H groups in total. The number of fused-ring (bicyclic) bond motifs is 2. The van der Waals surface area contributed by atoms with E-state index in [1.807, 2.05) is 0 Å². The van der Waals surface area contributed by atoms with Crippen LogP contribution in [0.4, 0.5) is 0 Å². The molecule has 2 aromatic rings. The van der Waals surface area contributed by atoms with Crippen LogP contribution in [0.1, 0.15) is 55.0 Å². The summed E-state index contributed by atoms with van der Waals surface area (Å²) < 4.78 is 0. The molecular formula is C23H30N2. The maximum Gasteiger partial charge on any atom is 0.0362 e. The summed E-state index contributed by atoms with van der Waals surface area (Å²) in [5.74, 6) is 0. The lowest BCUT2D eigenvalue weighted by atomic mass is 9.73. The average Bonchev–Trinajstić information content (AvgIpc) is 2.98. The first-order valence-electron chi connectivity index (χ1n) is 9.65. The first-order valence-corrected chi connectivity index (χ1v) is 9.65. The van der Waals surface area contributed by atoms with Crippen molar-refractivity contribution in [2.45, 2.75) is 43.7 Å². The van der Waals surface area contributed by atoms with Crippen LogP contribution in [0.25, 0.3) is 0 Å². The standard InChI is InChI=1S/C23H30N2/c1-18(19-9-5-4-6-10-19)25(3)22-17-23(13-15-24(2)16-14-23)21-12-8-7-11-20(21)22/h4-12,18,22H,13-17H2,1-3H3/t18-,22-/m0/s1. The van der Waals surface area contributed by atoms with Crippen LogP contribution in [-0.2, 0) is 5.41 Å².